The molecule has 0 aromatic heterocycles. The van der Waals surface area contributed by atoms with Crippen molar-refractivity contribution in [1.29, 1.82) is 0 Å². The number of benzene rings is 1. The molecular formula is C17H28N2. The molecule has 1 atom stereocenters. The average Bonchev–Trinajstić information content (AvgIpc) is 2.48. The van der Waals surface area contributed by atoms with Gasteiger partial charge in [0.25, 0.3) is 0 Å². The van der Waals surface area contributed by atoms with Gasteiger partial charge in [-0.2, -0.15) is 0 Å². The normalized spacial score (nSPS) is 19.3. The van der Waals surface area contributed by atoms with Crippen molar-refractivity contribution in [1.82, 2.24) is 4.90 Å². The first-order chi connectivity index (χ1) is 9.22. The number of rotatable bonds is 5. The number of anilines is 1. The van der Waals surface area contributed by atoms with Crippen LogP contribution in [-0.4, -0.2) is 30.6 Å². The average molecular weight is 260 g/mol. The molecule has 2 heteroatoms. The molecule has 0 aliphatic carbocycles. The van der Waals surface area contributed by atoms with Crippen LogP contribution in [0.2, 0.25) is 0 Å². The first kappa shape index (κ1) is 14.4. The van der Waals surface area contributed by atoms with Crippen molar-refractivity contribution >= 4 is 5.69 Å². The van der Waals surface area contributed by atoms with Gasteiger partial charge in [0.1, 0.15) is 0 Å². The molecule has 0 amide bonds. The monoisotopic (exact) mass is 260 g/mol. The molecule has 1 aromatic rings. The molecule has 2 rings (SSSR count). The minimum absolute atomic E-state index is 0.575. The van der Waals surface area contributed by atoms with E-state index in [1.165, 1.54) is 43.7 Å². The number of hydrogen-bond donors (Lipinski definition) is 1. The fourth-order valence-electron chi connectivity index (χ4n) is 2.99. The lowest BCUT2D eigenvalue weighted by Gasteiger charge is -2.34. The van der Waals surface area contributed by atoms with E-state index in [0.717, 1.165) is 12.3 Å². The van der Waals surface area contributed by atoms with E-state index in [1.54, 1.807) is 0 Å². The molecule has 1 heterocycles. The Morgan fingerprint density at radius 1 is 1.16 bits per heavy atom. The third-order valence-corrected chi connectivity index (χ3v) is 4.54. The standard InChI is InChI=1S/C17H28N2/c1-4-15-6-8-17(9-7-15)18-14(3)16-10-12-19(5-2)13-11-16/h6-9,14,16,18H,4-5,10-13H2,1-3H3. The van der Waals surface area contributed by atoms with Gasteiger partial charge in [-0.1, -0.05) is 26.0 Å². The molecule has 0 spiro atoms. The molecule has 0 saturated carbocycles. The van der Waals surface area contributed by atoms with Gasteiger partial charge >= 0.3 is 0 Å². The van der Waals surface area contributed by atoms with Crippen molar-refractivity contribution in [2.24, 2.45) is 5.92 Å². The second-order valence-corrected chi connectivity index (χ2v) is 5.76. The number of piperidine rings is 1. The Hall–Kier alpha value is -1.02. The summed E-state index contributed by atoms with van der Waals surface area (Å²) in [5.74, 6) is 0.814. The number of nitrogens with one attached hydrogen (secondary N) is 1. The van der Waals surface area contributed by atoms with Crippen LogP contribution in [0.3, 0.4) is 0 Å². The molecule has 0 bridgehead atoms. The molecule has 106 valence electrons. The summed E-state index contributed by atoms with van der Waals surface area (Å²) >= 11 is 0. The Kier molecular flexibility index (Phi) is 5.26. The van der Waals surface area contributed by atoms with E-state index in [1.807, 2.05) is 0 Å². The van der Waals surface area contributed by atoms with Crippen LogP contribution in [0, 0.1) is 5.92 Å². The zero-order valence-electron chi connectivity index (χ0n) is 12.7. The Bertz CT molecular complexity index is 363. The number of likely N-dealkylation sites (tertiary alicyclic amines) is 1. The summed E-state index contributed by atoms with van der Waals surface area (Å²) in [4.78, 5) is 2.55. The van der Waals surface area contributed by atoms with Gasteiger partial charge in [-0.05, 0) is 69.4 Å². The molecule has 1 saturated heterocycles. The van der Waals surface area contributed by atoms with Crippen LogP contribution in [0.5, 0.6) is 0 Å². The predicted molar refractivity (Wildman–Crippen MR) is 83.7 cm³/mol. The lowest BCUT2D eigenvalue weighted by atomic mass is 9.90. The van der Waals surface area contributed by atoms with Crippen LogP contribution in [-0.2, 0) is 6.42 Å². The van der Waals surface area contributed by atoms with Gasteiger partial charge in [0.15, 0.2) is 0 Å². The smallest absolute Gasteiger partial charge is 0.0342 e. The summed E-state index contributed by atoms with van der Waals surface area (Å²) in [7, 11) is 0. The molecule has 2 nitrogen and oxygen atoms in total. The Morgan fingerprint density at radius 3 is 2.32 bits per heavy atom. The van der Waals surface area contributed by atoms with Crippen LogP contribution < -0.4 is 5.32 Å². The summed E-state index contributed by atoms with van der Waals surface area (Å²) in [5.41, 5.74) is 2.68. The van der Waals surface area contributed by atoms with Crippen molar-refractivity contribution < 1.29 is 0 Å². The predicted octanol–water partition coefficient (Wildman–Crippen LogP) is 3.78. The minimum Gasteiger partial charge on any atom is -0.382 e. The van der Waals surface area contributed by atoms with E-state index >= 15 is 0 Å². The van der Waals surface area contributed by atoms with Crippen LogP contribution in [0.4, 0.5) is 5.69 Å². The molecule has 19 heavy (non-hydrogen) atoms. The molecule has 1 unspecified atom stereocenters. The summed E-state index contributed by atoms with van der Waals surface area (Å²) in [6, 6.07) is 9.47. The largest absolute Gasteiger partial charge is 0.382 e. The molecule has 1 aliphatic heterocycles. The highest BCUT2D eigenvalue weighted by Gasteiger charge is 2.22. The quantitative estimate of drug-likeness (QED) is 0.866. The SMILES string of the molecule is CCc1ccc(NC(C)C2CCN(CC)CC2)cc1. The molecule has 1 fully saturated rings. The van der Waals surface area contributed by atoms with Gasteiger partial charge in [0.2, 0.25) is 0 Å². The van der Waals surface area contributed by atoms with Crippen molar-refractivity contribution in [3.05, 3.63) is 29.8 Å². The van der Waals surface area contributed by atoms with E-state index < -0.39 is 0 Å². The maximum atomic E-state index is 3.68. The van der Waals surface area contributed by atoms with E-state index in [2.05, 4.69) is 55.3 Å². The molecular weight excluding hydrogens is 232 g/mol. The van der Waals surface area contributed by atoms with E-state index in [9.17, 15) is 0 Å². The van der Waals surface area contributed by atoms with E-state index in [4.69, 9.17) is 0 Å². The maximum absolute atomic E-state index is 3.68. The number of hydrogen-bond acceptors (Lipinski definition) is 2. The second kappa shape index (κ2) is 6.95. The van der Waals surface area contributed by atoms with Crippen molar-refractivity contribution in [2.45, 2.75) is 46.1 Å². The van der Waals surface area contributed by atoms with Crippen molar-refractivity contribution in [2.75, 3.05) is 25.0 Å². The third kappa shape index (κ3) is 3.97. The van der Waals surface area contributed by atoms with Gasteiger partial charge in [-0.15, -0.1) is 0 Å². The minimum atomic E-state index is 0.575. The third-order valence-electron chi connectivity index (χ3n) is 4.54. The van der Waals surface area contributed by atoms with Crippen molar-refractivity contribution in [3.63, 3.8) is 0 Å². The zero-order valence-corrected chi connectivity index (χ0v) is 12.7. The van der Waals surface area contributed by atoms with E-state index in [-0.39, 0.29) is 0 Å². The van der Waals surface area contributed by atoms with Crippen LogP contribution in [0.25, 0.3) is 0 Å². The summed E-state index contributed by atoms with van der Waals surface area (Å²) < 4.78 is 0. The number of aryl methyl sites for hydroxylation is 1. The van der Waals surface area contributed by atoms with Gasteiger partial charge in [0, 0.05) is 11.7 Å². The van der Waals surface area contributed by atoms with Crippen LogP contribution in [0.1, 0.15) is 39.2 Å². The Labute approximate surface area is 118 Å². The van der Waals surface area contributed by atoms with Gasteiger partial charge < -0.3 is 10.2 Å². The first-order valence-corrected chi connectivity index (χ1v) is 7.80. The molecule has 1 aromatic carbocycles. The fraction of sp³-hybridized carbons (Fsp3) is 0.647. The Morgan fingerprint density at radius 2 is 1.79 bits per heavy atom. The summed E-state index contributed by atoms with van der Waals surface area (Å²) in [6.45, 7) is 10.5. The highest BCUT2D eigenvalue weighted by atomic mass is 15.1. The summed E-state index contributed by atoms with van der Waals surface area (Å²) in [5, 5.41) is 3.68. The van der Waals surface area contributed by atoms with Gasteiger partial charge in [-0.3, -0.25) is 0 Å². The number of nitrogens with zero attached hydrogens (tertiary/aromatic N) is 1. The molecule has 1 N–H and O–H groups in total. The lowest BCUT2D eigenvalue weighted by molar-refractivity contribution is 0.183. The van der Waals surface area contributed by atoms with Crippen LogP contribution in [0.15, 0.2) is 24.3 Å². The zero-order chi connectivity index (χ0) is 13.7. The molecule has 1 aliphatic rings. The Balaban J connectivity index is 1.84. The van der Waals surface area contributed by atoms with Crippen molar-refractivity contribution in [3.8, 4) is 0 Å². The van der Waals surface area contributed by atoms with Gasteiger partial charge in [0.05, 0.1) is 0 Å². The highest BCUT2D eigenvalue weighted by Crippen LogP contribution is 2.23. The highest BCUT2D eigenvalue weighted by molar-refractivity contribution is 5.45. The maximum Gasteiger partial charge on any atom is 0.0342 e. The fourth-order valence-corrected chi connectivity index (χ4v) is 2.99. The molecule has 0 radical (unpaired) electrons. The first-order valence-electron chi connectivity index (χ1n) is 7.80. The van der Waals surface area contributed by atoms with E-state index in [0.29, 0.717) is 6.04 Å². The second-order valence-electron chi connectivity index (χ2n) is 5.76. The van der Waals surface area contributed by atoms with Gasteiger partial charge in [-0.25, -0.2) is 0 Å². The topological polar surface area (TPSA) is 15.3 Å². The van der Waals surface area contributed by atoms with Crippen LogP contribution >= 0.6 is 0 Å². The summed E-state index contributed by atoms with van der Waals surface area (Å²) in [6.07, 6.45) is 3.77. The lowest BCUT2D eigenvalue weighted by Crippen LogP contribution is -2.39.